The highest BCUT2D eigenvalue weighted by atomic mass is 19.1. The Balaban J connectivity index is 1.65. The molecule has 0 atom stereocenters. The van der Waals surface area contributed by atoms with Crippen LogP contribution in [0.15, 0.2) is 59.7 Å². The van der Waals surface area contributed by atoms with Gasteiger partial charge in [-0.15, -0.1) is 0 Å². The Labute approximate surface area is 139 Å². The van der Waals surface area contributed by atoms with Crippen LogP contribution in [0, 0.1) is 5.82 Å². The summed E-state index contributed by atoms with van der Waals surface area (Å²) in [7, 11) is 0. The molecule has 0 aliphatic rings. The lowest BCUT2D eigenvalue weighted by Crippen LogP contribution is -2.25. The molecule has 0 heterocycles. The highest BCUT2D eigenvalue weighted by Crippen LogP contribution is 2.00. The van der Waals surface area contributed by atoms with E-state index in [-0.39, 0.29) is 30.5 Å². The molecular weight excluding hydrogens is 309 g/mol. The quantitative estimate of drug-likeness (QED) is 0.605. The van der Waals surface area contributed by atoms with Crippen LogP contribution in [0.2, 0.25) is 0 Å². The van der Waals surface area contributed by atoms with Crippen molar-refractivity contribution >= 4 is 18.0 Å². The van der Waals surface area contributed by atoms with E-state index in [9.17, 15) is 14.0 Å². The third-order valence-corrected chi connectivity index (χ3v) is 3.18. The fraction of sp³-hybridized carbons (Fsp3) is 0.167. The van der Waals surface area contributed by atoms with Crippen molar-refractivity contribution in [2.45, 2.75) is 19.4 Å². The van der Waals surface area contributed by atoms with Gasteiger partial charge in [-0.1, -0.05) is 42.5 Å². The average Bonchev–Trinajstić information content (AvgIpc) is 2.61. The number of benzene rings is 2. The first-order valence-corrected chi connectivity index (χ1v) is 7.51. The predicted octanol–water partition coefficient (Wildman–Crippen LogP) is 2.37. The maximum atomic E-state index is 12.7. The molecule has 24 heavy (non-hydrogen) atoms. The van der Waals surface area contributed by atoms with E-state index in [0.29, 0.717) is 12.1 Å². The maximum Gasteiger partial charge on any atom is 0.240 e. The summed E-state index contributed by atoms with van der Waals surface area (Å²) in [6.07, 6.45) is 1.54. The van der Waals surface area contributed by atoms with Crippen molar-refractivity contribution in [1.82, 2.24) is 10.7 Å². The molecule has 2 aromatic rings. The Bertz CT molecular complexity index is 700. The van der Waals surface area contributed by atoms with E-state index in [4.69, 9.17) is 0 Å². The molecule has 2 amide bonds. The van der Waals surface area contributed by atoms with Gasteiger partial charge < -0.3 is 5.32 Å². The molecule has 0 aromatic heterocycles. The monoisotopic (exact) mass is 327 g/mol. The fourth-order valence-corrected chi connectivity index (χ4v) is 1.90. The second-order valence-corrected chi connectivity index (χ2v) is 5.11. The van der Waals surface area contributed by atoms with E-state index in [1.54, 1.807) is 12.1 Å². The third-order valence-electron chi connectivity index (χ3n) is 3.18. The number of carbonyl (C=O) groups is 2. The highest BCUT2D eigenvalue weighted by molar-refractivity contribution is 5.85. The van der Waals surface area contributed by atoms with Crippen molar-refractivity contribution in [2.75, 3.05) is 0 Å². The van der Waals surface area contributed by atoms with Crippen LogP contribution in [0.4, 0.5) is 4.39 Å². The lowest BCUT2D eigenvalue weighted by Gasteiger charge is -2.04. The normalized spacial score (nSPS) is 10.5. The van der Waals surface area contributed by atoms with E-state index in [1.165, 1.54) is 18.3 Å². The van der Waals surface area contributed by atoms with Crippen LogP contribution >= 0.6 is 0 Å². The molecule has 0 radical (unpaired) electrons. The van der Waals surface area contributed by atoms with E-state index in [2.05, 4.69) is 15.8 Å². The second-order valence-electron chi connectivity index (χ2n) is 5.11. The van der Waals surface area contributed by atoms with Crippen LogP contribution < -0.4 is 10.7 Å². The van der Waals surface area contributed by atoms with Crippen molar-refractivity contribution in [3.05, 3.63) is 71.5 Å². The van der Waals surface area contributed by atoms with Crippen LogP contribution in [-0.2, 0) is 16.1 Å². The molecule has 6 heteroatoms. The minimum Gasteiger partial charge on any atom is -0.352 e. The summed E-state index contributed by atoms with van der Waals surface area (Å²) in [4.78, 5) is 23.3. The zero-order valence-electron chi connectivity index (χ0n) is 13.0. The van der Waals surface area contributed by atoms with E-state index in [0.717, 1.165) is 5.56 Å². The van der Waals surface area contributed by atoms with Crippen molar-refractivity contribution in [3.8, 4) is 0 Å². The molecule has 0 bridgehead atoms. The Morgan fingerprint density at radius 2 is 1.62 bits per heavy atom. The van der Waals surface area contributed by atoms with E-state index in [1.807, 2.05) is 30.3 Å². The molecule has 2 N–H and O–H groups in total. The number of halogens is 1. The van der Waals surface area contributed by atoms with Crippen LogP contribution in [0.5, 0.6) is 0 Å². The van der Waals surface area contributed by atoms with Gasteiger partial charge in [0.25, 0.3) is 0 Å². The molecular formula is C18H18FN3O2. The first kappa shape index (κ1) is 17.3. The average molecular weight is 327 g/mol. The van der Waals surface area contributed by atoms with Gasteiger partial charge in [-0.25, -0.2) is 9.82 Å². The number of hydrogen-bond acceptors (Lipinski definition) is 3. The summed E-state index contributed by atoms with van der Waals surface area (Å²) >= 11 is 0. The number of amides is 2. The molecule has 0 unspecified atom stereocenters. The van der Waals surface area contributed by atoms with Gasteiger partial charge in [0.05, 0.1) is 6.21 Å². The van der Waals surface area contributed by atoms with Crippen molar-refractivity contribution in [1.29, 1.82) is 0 Å². The lowest BCUT2D eigenvalue weighted by atomic mass is 10.2. The van der Waals surface area contributed by atoms with Gasteiger partial charge in [0.15, 0.2) is 0 Å². The number of carbonyl (C=O) groups excluding carboxylic acids is 2. The smallest absolute Gasteiger partial charge is 0.240 e. The van der Waals surface area contributed by atoms with Crippen LogP contribution in [0.1, 0.15) is 24.0 Å². The molecule has 0 fully saturated rings. The van der Waals surface area contributed by atoms with E-state index < -0.39 is 0 Å². The molecule has 0 spiro atoms. The number of hydrogen-bond donors (Lipinski definition) is 2. The van der Waals surface area contributed by atoms with Gasteiger partial charge in [-0.3, -0.25) is 9.59 Å². The Morgan fingerprint density at radius 1 is 0.958 bits per heavy atom. The Morgan fingerprint density at radius 3 is 2.33 bits per heavy atom. The van der Waals surface area contributed by atoms with Crippen LogP contribution in [-0.4, -0.2) is 18.0 Å². The van der Waals surface area contributed by atoms with Gasteiger partial charge in [0, 0.05) is 19.4 Å². The summed E-state index contributed by atoms with van der Waals surface area (Å²) in [6.45, 7) is 0.435. The summed E-state index contributed by atoms with van der Waals surface area (Å²) in [6, 6.07) is 15.2. The van der Waals surface area contributed by atoms with Gasteiger partial charge in [-0.05, 0) is 23.3 Å². The molecule has 0 saturated heterocycles. The largest absolute Gasteiger partial charge is 0.352 e. The molecule has 0 aliphatic carbocycles. The lowest BCUT2D eigenvalue weighted by molar-refractivity contribution is -0.126. The Kier molecular flexibility index (Phi) is 6.64. The van der Waals surface area contributed by atoms with E-state index >= 15 is 0 Å². The van der Waals surface area contributed by atoms with Gasteiger partial charge in [0.1, 0.15) is 5.82 Å². The number of rotatable bonds is 7. The fourth-order valence-electron chi connectivity index (χ4n) is 1.90. The standard InChI is InChI=1S/C18H18FN3O2/c19-16-8-6-15(7-9-16)13-21-22-18(24)11-10-17(23)20-12-14-4-2-1-3-5-14/h1-9,13H,10-12H2,(H,20,23)(H,22,24). The number of hydrazone groups is 1. The highest BCUT2D eigenvalue weighted by Gasteiger charge is 2.06. The predicted molar refractivity (Wildman–Crippen MR) is 89.7 cm³/mol. The first-order chi connectivity index (χ1) is 11.6. The van der Waals surface area contributed by atoms with Gasteiger partial charge in [-0.2, -0.15) is 5.10 Å². The minimum absolute atomic E-state index is 0.0430. The molecule has 2 aromatic carbocycles. The molecule has 2 rings (SSSR count). The van der Waals surface area contributed by atoms with Crippen molar-refractivity contribution in [3.63, 3.8) is 0 Å². The Hall–Kier alpha value is -3.02. The minimum atomic E-state index is -0.358. The molecule has 0 aliphatic heterocycles. The summed E-state index contributed by atoms with van der Waals surface area (Å²) in [5, 5.41) is 6.51. The van der Waals surface area contributed by atoms with Crippen LogP contribution in [0.3, 0.4) is 0 Å². The zero-order chi connectivity index (χ0) is 17.2. The topological polar surface area (TPSA) is 70.6 Å². The van der Waals surface area contributed by atoms with Gasteiger partial charge in [0.2, 0.25) is 11.8 Å². The SMILES string of the molecule is O=C(CCC(=O)NN=Cc1ccc(F)cc1)NCc1ccccc1. The molecule has 5 nitrogen and oxygen atoms in total. The van der Waals surface area contributed by atoms with Crippen LogP contribution in [0.25, 0.3) is 0 Å². The summed E-state index contributed by atoms with van der Waals surface area (Å²) in [5.74, 6) is -0.891. The van der Waals surface area contributed by atoms with Gasteiger partial charge >= 0.3 is 0 Å². The zero-order valence-corrected chi connectivity index (χ0v) is 13.0. The third kappa shape index (κ3) is 6.39. The van der Waals surface area contributed by atoms with Crippen molar-refractivity contribution < 1.29 is 14.0 Å². The number of nitrogens with zero attached hydrogens (tertiary/aromatic N) is 1. The maximum absolute atomic E-state index is 12.7. The summed E-state index contributed by atoms with van der Waals surface area (Å²) in [5.41, 5.74) is 4.00. The molecule has 0 saturated carbocycles. The van der Waals surface area contributed by atoms with Crippen molar-refractivity contribution in [2.24, 2.45) is 5.10 Å². The number of nitrogens with one attached hydrogen (secondary N) is 2. The molecule has 124 valence electrons. The second kappa shape index (κ2) is 9.19. The summed E-state index contributed by atoms with van der Waals surface area (Å²) < 4.78 is 12.7. The first-order valence-electron chi connectivity index (χ1n) is 7.51.